The van der Waals surface area contributed by atoms with Crippen molar-refractivity contribution in [3.8, 4) is 176 Å². The molecule has 0 fully saturated rings. The molecule has 3 heterocycles. The van der Waals surface area contributed by atoms with Crippen molar-refractivity contribution < 1.29 is 18.9 Å². The number of thiophene rings is 2. The fourth-order valence-corrected chi connectivity index (χ4v) is 25.0. The lowest BCUT2D eigenvalue weighted by molar-refractivity contribution is 0.414. The van der Waals surface area contributed by atoms with Crippen LogP contribution in [0.1, 0.15) is 0 Å². The second-order valence-electron chi connectivity index (χ2n) is 36.6. The molecule has 0 amide bonds. The van der Waals surface area contributed by atoms with Crippen LogP contribution in [0.2, 0.25) is 0 Å². The smallest absolute Gasteiger partial charge is 0.118 e. The van der Waals surface area contributed by atoms with Gasteiger partial charge in [-0.25, -0.2) is 0 Å². The molecule has 0 N–H and O–H groups in total. The number of rotatable bonds is 24. The first-order chi connectivity index (χ1) is 71.8. The zero-order valence-electron chi connectivity index (χ0n) is 79.7. The van der Waals surface area contributed by atoms with E-state index >= 15 is 0 Å². The SMILES string of the molecule is COc1ccc(-c2c(-c3ccc(OC)cc3)c(-c3ccccc3)c(-c3ccc(-c4ccc(-c5ccc(-c6c(-c7ccccc7)c(-c7ccc(OC)cc7)c(-c7ccc(OC)cc7)c(-c7ccccc7)c6-c6ccc(N(c7ccccc7)c7ccc8ccc9cccc%10ccc7c8c9%10)cc6)s5)c5nsnc45)s3)c(-c3ccc(N(c4ccccc4)c4ccc5ccc6cccc7ccc4c5c67)cc3)c2-c2ccccc2)cc1. The summed E-state index contributed by atoms with van der Waals surface area (Å²) >= 11 is 4.83. The summed E-state index contributed by atoms with van der Waals surface area (Å²) in [4.78, 5) is 9.10. The van der Waals surface area contributed by atoms with Gasteiger partial charge < -0.3 is 28.7 Å². The summed E-state index contributed by atoms with van der Waals surface area (Å²) in [6, 6.07) is 173. The molecule has 145 heavy (non-hydrogen) atoms. The van der Waals surface area contributed by atoms with Crippen molar-refractivity contribution >= 4 is 144 Å². The summed E-state index contributed by atoms with van der Waals surface area (Å²) in [5, 5.41) is 14.7. The zero-order chi connectivity index (χ0) is 96.7. The molecule has 0 atom stereocenters. The van der Waals surface area contributed by atoms with Crippen molar-refractivity contribution in [3.05, 3.63) is 473 Å². The third-order valence-electron chi connectivity index (χ3n) is 28.8. The highest BCUT2D eigenvalue weighted by molar-refractivity contribution is 7.19. The van der Waals surface area contributed by atoms with Gasteiger partial charge in [0.25, 0.3) is 0 Å². The van der Waals surface area contributed by atoms with Crippen LogP contribution in [0.4, 0.5) is 34.1 Å². The molecule has 0 aliphatic carbocycles. The second-order valence-corrected chi connectivity index (χ2v) is 39.3. The quantitative estimate of drug-likeness (QED) is 0.0555. The molecule has 0 spiro atoms. The van der Waals surface area contributed by atoms with Gasteiger partial charge >= 0.3 is 0 Å². The molecule has 11 heteroatoms. The van der Waals surface area contributed by atoms with E-state index < -0.39 is 0 Å². The number of nitrogens with zero attached hydrogens (tertiary/aromatic N) is 4. The van der Waals surface area contributed by atoms with E-state index in [1.165, 1.54) is 76.4 Å². The molecule has 0 bridgehead atoms. The van der Waals surface area contributed by atoms with E-state index in [1.54, 1.807) is 51.1 Å². The van der Waals surface area contributed by atoms with Gasteiger partial charge in [0.2, 0.25) is 0 Å². The maximum atomic E-state index is 5.99. The van der Waals surface area contributed by atoms with Crippen LogP contribution in [0, 0.1) is 0 Å². The average Bonchev–Trinajstić information content (AvgIpc) is 1.26. The topological polar surface area (TPSA) is 69.2 Å². The third kappa shape index (κ3) is 15.2. The van der Waals surface area contributed by atoms with E-state index in [0.717, 1.165) is 221 Å². The van der Waals surface area contributed by atoms with Crippen LogP contribution in [0.15, 0.2) is 473 Å². The zero-order valence-corrected chi connectivity index (χ0v) is 82.1. The highest BCUT2D eigenvalue weighted by atomic mass is 32.1. The number of hydrogen-bond acceptors (Lipinski definition) is 11. The van der Waals surface area contributed by atoms with Crippen molar-refractivity contribution in [1.29, 1.82) is 0 Å². The fourth-order valence-electron chi connectivity index (χ4n) is 22.2. The molecule has 26 aromatic rings. The van der Waals surface area contributed by atoms with Crippen molar-refractivity contribution in [3.63, 3.8) is 0 Å². The number of hydrogen-bond donors (Lipinski definition) is 0. The lowest BCUT2D eigenvalue weighted by Crippen LogP contribution is -2.10. The summed E-state index contributed by atoms with van der Waals surface area (Å²) in [5.74, 6) is 3.06. The fraction of sp³-hybridized carbons (Fsp3) is 0.0299. The van der Waals surface area contributed by atoms with E-state index in [9.17, 15) is 0 Å². The number of anilines is 6. The van der Waals surface area contributed by atoms with Crippen LogP contribution in [0.25, 0.3) is 229 Å². The van der Waals surface area contributed by atoms with Crippen LogP contribution in [-0.4, -0.2) is 37.2 Å². The van der Waals surface area contributed by atoms with E-state index in [-0.39, 0.29) is 0 Å². The predicted molar refractivity (Wildman–Crippen MR) is 612 cm³/mol. The Hall–Kier alpha value is -17.8. The number of para-hydroxylation sites is 2. The molecule has 0 aliphatic heterocycles. The van der Waals surface area contributed by atoms with Gasteiger partial charge in [-0.15, -0.1) is 22.7 Å². The number of ether oxygens (including phenoxy) is 4. The van der Waals surface area contributed by atoms with Gasteiger partial charge in [-0.2, -0.15) is 8.75 Å². The first-order valence-electron chi connectivity index (χ1n) is 48.7. The Labute approximate surface area is 852 Å². The number of benzene rings is 23. The Morgan fingerprint density at radius 1 is 0.179 bits per heavy atom. The lowest BCUT2D eigenvalue weighted by atomic mass is 9.75. The summed E-state index contributed by atoms with van der Waals surface area (Å²) in [5.41, 5.74) is 33.3. The van der Waals surface area contributed by atoms with E-state index in [2.05, 4.69) is 483 Å². The first kappa shape index (κ1) is 87.4. The molecule has 8 nitrogen and oxygen atoms in total. The molecule has 0 radical (unpaired) electrons. The molecule has 688 valence electrons. The Morgan fingerprint density at radius 2 is 0.407 bits per heavy atom. The van der Waals surface area contributed by atoms with E-state index in [4.69, 9.17) is 27.7 Å². The highest BCUT2D eigenvalue weighted by Crippen LogP contribution is 2.62. The van der Waals surface area contributed by atoms with Crippen molar-refractivity contribution in [2.24, 2.45) is 0 Å². The molecule has 0 aliphatic rings. The molecule has 0 saturated heterocycles. The average molecular weight is 1920 g/mol. The summed E-state index contributed by atoms with van der Waals surface area (Å²) in [6.45, 7) is 0. The Bertz CT molecular complexity index is 8780. The van der Waals surface area contributed by atoms with Crippen LogP contribution in [0.3, 0.4) is 0 Å². The van der Waals surface area contributed by atoms with Gasteiger partial charge in [0, 0.05) is 75.3 Å². The maximum absolute atomic E-state index is 5.99. The minimum absolute atomic E-state index is 0.764. The Kier molecular flexibility index (Phi) is 22.3. The second kappa shape index (κ2) is 37.0. The molecule has 26 rings (SSSR count). The van der Waals surface area contributed by atoms with Gasteiger partial charge in [0.1, 0.15) is 34.0 Å². The normalized spacial score (nSPS) is 11.6. The predicted octanol–water partition coefficient (Wildman–Crippen LogP) is 37.9. The van der Waals surface area contributed by atoms with Crippen LogP contribution in [0.5, 0.6) is 23.0 Å². The van der Waals surface area contributed by atoms with Crippen LogP contribution >= 0.6 is 34.4 Å². The molecule has 23 aromatic carbocycles. The molecule has 0 unspecified atom stereocenters. The van der Waals surface area contributed by atoms with E-state index in [1.807, 2.05) is 0 Å². The van der Waals surface area contributed by atoms with Gasteiger partial charge in [0.15, 0.2) is 0 Å². The Morgan fingerprint density at radius 3 is 0.690 bits per heavy atom. The largest absolute Gasteiger partial charge is 0.497 e. The van der Waals surface area contributed by atoms with Gasteiger partial charge in [-0.05, 0) is 299 Å². The van der Waals surface area contributed by atoms with Crippen LogP contribution in [-0.2, 0) is 0 Å². The maximum Gasteiger partial charge on any atom is 0.118 e. The standard InChI is InChI=1S/C134H90N4O4S3/c1-139-103-65-49-95(50-66-103)123-121(83-25-11-5-12-26-83)129(93-45-61-101(62-46-93)137(99-37-19-9-20-38-99)111-77-59-91-43-41-87-33-23-35-89-57-73-107(111)119(91)117(87)89)131(127(85-29-15-7-16-30-85)125(123)97-53-69-105(141-3)70-54-97)115-81-79-113(143-115)109-75-76-110(134-133(109)135-145-136-134)114-80-82-116(144-114)132-128(86-31-17-8-18-32-86)126(98-55-71-106(142-4)72-56-98)124(96-51-67-104(140-2)68-52-96)122(84-27-13-6-14-28-84)130(132)94-47-63-102(64-48-94)138(100-39-21-10-22-40-100)112-78-60-92-44-42-88-34-24-36-90-58-74-108(112)120(92)118(88)90/h5-82H,1-4H3. The minimum atomic E-state index is 0.764. The number of fused-ring (bicyclic) bond motifs is 1. The van der Waals surface area contributed by atoms with Gasteiger partial charge in [-0.3, -0.25) is 0 Å². The Balaban J connectivity index is 0.680. The van der Waals surface area contributed by atoms with Crippen molar-refractivity contribution in [2.75, 3.05) is 38.2 Å². The summed E-state index contributed by atoms with van der Waals surface area (Å²) in [7, 11) is 6.94. The van der Waals surface area contributed by atoms with Crippen LogP contribution < -0.4 is 28.7 Å². The monoisotopic (exact) mass is 1910 g/mol. The number of methoxy groups -OCH3 is 4. The minimum Gasteiger partial charge on any atom is -0.497 e. The van der Waals surface area contributed by atoms with Gasteiger partial charge in [0.05, 0.1) is 51.5 Å². The molecular weight excluding hydrogens is 1830 g/mol. The highest BCUT2D eigenvalue weighted by Gasteiger charge is 2.35. The summed E-state index contributed by atoms with van der Waals surface area (Å²) in [6.07, 6.45) is 0. The molecular formula is C134H90N4O4S3. The lowest BCUT2D eigenvalue weighted by Gasteiger charge is -2.29. The third-order valence-corrected chi connectivity index (χ3v) is 31.6. The van der Waals surface area contributed by atoms with Gasteiger partial charge in [-0.1, -0.05) is 340 Å². The summed E-state index contributed by atoms with van der Waals surface area (Å²) < 4.78 is 34.7. The van der Waals surface area contributed by atoms with Crippen molar-refractivity contribution in [1.82, 2.24) is 8.75 Å². The number of aromatic nitrogens is 2. The van der Waals surface area contributed by atoms with E-state index in [0.29, 0.717) is 0 Å². The van der Waals surface area contributed by atoms with Crippen molar-refractivity contribution in [2.45, 2.75) is 0 Å². The molecule has 0 saturated carbocycles. The first-order valence-corrected chi connectivity index (χ1v) is 51.1. The molecule has 3 aromatic heterocycles.